The van der Waals surface area contributed by atoms with Crippen LogP contribution < -0.4 is 19.7 Å². The Hall–Kier alpha value is -2.68. The second kappa shape index (κ2) is 16.3. The highest BCUT2D eigenvalue weighted by molar-refractivity contribution is 7.91. The molecule has 5 aliphatic rings. The van der Waals surface area contributed by atoms with Gasteiger partial charge in [0, 0.05) is 62.4 Å². The summed E-state index contributed by atoms with van der Waals surface area (Å²) in [5, 5.41) is 3.21. The Morgan fingerprint density at radius 3 is 2.64 bits per heavy atom. The fourth-order valence-electron chi connectivity index (χ4n) is 9.63. The highest BCUT2D eigenvalue weighted by Gasteiger charge is 2.50. The summed E-state index contributed by atoms with van der Waals surface area (Å²) in [5.41, 5.74) is 2.52. The first-order valence-electron chi connectivity index (χ1n) is 20.0. The van der Waals surface area contributed by atoms with Crippen LogP contribution >= 0.6 is 11.6 Å². The van der Waals surface area contributed by atoms with Gasteiger partial charge in [-0.3, -0.25) is 9.69 Å². The zero-order valence-electron chi connectivity index (χ0n) is 32.4. The van der Waals surface area contributed by atoms with Crippen LogP contribution in [0, 0.1) is 17.8 Å². The van der Waals surface area contributed by atoms with Gasteiger partial charge in [-0.25, -0.2) is 21.6 Å². The van der Waals surface area contributed by atoms with Gasteiger partial charge in [0.2, 0.25) is 10.0 Å². The molecule has 3 heterocycles. The SMILES string of the molecule is CO[C@@]1(CN2CCCS(=O)(=O)CCNCC2)/C=C/C[C@H](C)[C@@H](C)S(=O)(=O)NC(=O)c2ccc3c(c2)N(C[C@@H]2CC[C@H]21)C[C@@]1(CCCc2cc(Cl)ccc21)CO3. The fraction of sp³-hybridized carbons (Fsp3) is 0.634. The number of nitrogens with zero attached hydrogens (tertiary/aromatic N) is 2. The molecule has 55 heavy (non-hydrogen) atoms. The van der Waals surface area contributed by atoms with Crippen molar-refractivity contribution < 1.29 is 31.1 Å². The number of nitrogens with one attached hydrogen (secondary N) is 2. The molecule has 2 aliphatic carbocycles. The number of halogens is 1. The number of methoxy groups -OCH3 is 1. The minimum Gasteiger partial charge on any atom is -0.490 e. The summed E-state index contributed by atoms with van der Waals surface area (Å²) in [6, 6.07) is 11.5. The zero-order chi connectivity index (χ0) is 39.0. The van der Waals surface area contributed by atoms with E-state index in [-0.39, 0.29) is 40.2 Å². The molecule has 0 aromatic heterocycles. The number of ether oxygens (including phenoxy) is 2. The third kappa shape index (κ3) is 8.62. The molecule has 2 fully saturated rings. The van der Waals surface area contributed by atoms with Crippen molar-refractivity contribution in [3.63, 3.8) is 0 Å². The van der Waals surface area contributed by atoms with Gasteiger partial charge in [0.15, 0.2) is 9.84 Å². The molecule has 3 aliphatic heterocycles. The van der Waals surface area contributed by atoms with E-state index < -0.39 is 36.6 Å². The standard InChI is InChI=1S/C41H57ClN4O7S2/c1-29-7-4-16-41(52-3,27-45-19-6-21-54(48,49)22-18-43-17-20-45)36-12-9-33(36)25-46-26-40(15-5-8-31-23-34(42)11-13-35(31)40)28-53-38-14-10-32(24-37(38)46)39(47)44-55(50,51)30(29)2/h4,10-11,13-14,16,23-24,29-30,33,36,43H,5-9,12,15,17-22,25-28H2,1-3H3,(H,44,47)/b16-4+/t29-,30+,33-,36+,40-,41+/m0/s1. The number of hydrogen-bond acceptors (Lipinski definition) is 10. The van der Waals surface area contributed by atoms with E-state index in [0.717, 1.165) is 49.4 Å². The molecule has 2 N–H and O–H groups in total. The zero-order valence-corrected chi connectivity index (χ0v) is 34.8. The van der Waals surface area contributed by atoms with Gasteiger partial charge in [0.25, 0.3) is 5.91 Å². The Morgan fingerprint density at radius 2 is 1.85 bits per heavy atom. The average molecular weight is 818 g/mol. The summed E-state index contributed by atoms with van der Waals surface area (Å²) in [5.74, 6) is 0.421. The number of sulfonamides is 1. The van der Waals surface area contributed by atoms with Crippen molar-refractivity contribution in [2.24, 2.45) is 17.8 Å². The fourth-order valence-corrected chi connectivity index (χ4v) is 12.3. The topological polar surface area (TPSA) is 134 Å². The van der Waals surface area contributed by atoms with Crippen LogP contribution in [0.4, 0.5) is 5.69 Å². The van der Waals surface area contributed by atoms with Gasteiger partial charge in [-0.2, -0.15) is 0 Å². The number of benzene rings is 2. The number of amides is 1. The summed E-state index contributed by atoms with van der Waals surface area (Å²) < 4.78 is 68.3. The third-order valence-corrected chi connectivity index (χ3v) is 17.1. The van der Waals surface area contributed by atoms with E-state index in [1.54, 1.807) is 26.2 Å². The van der Waals surface area contributed by atoms with Crippen LogP contribution in [0.1, 0.15) is 73.9 Å². The predicted octanol–water partition coefficient (Wildman–Crippen LogP) is 4.98. The van der Waals surface area contributed by atoms with E-state index in [1.165, 1.54) is 11.1 Å². The number of carbonyl (C=O) groups excluding carboxylic acids is 1. The van der Waals surface area contributed by atoms with E-state index in [0.29, 0.717) is 64.5 Å². The van der Waals surface area contributed by atoms with Gasteiger partial charge < -0.3 is 19.7 Å². The lowest BCUT2D eigenvalue weighted by Crippen LogP contribution is -2.57. The lowest BCUT2D eigenvalue weighted by Gasteiger charge is -2.52. The minimum absolute atomic E-state index is 0.137. The van der Waals surface area contributed by atoms with Gasteiger partial charge in [-0.05, 0) is 118 Å². The lowest BCUT2D eigenvalue weighted by atomic mass is 9.63. The molecule has 6 atom stereocenters. The monoisotopic (exact) mass is 816 g/mol. The number of rotatable bonds is 3. The molecule has 2 aromatic carbocycles. The molecular weight excluding hydrogens is 760 g/mol. The summed E-state index contributed by atoms with van der Waals surface area (Å²) in [4.78, 5) is 18.4. The van der Waals surface area contributed by atoms with Gasteiger partial charge in [-0.1, -0.05) is 36.7 Å². The molecule has 0 radical (unpaired) electrons. The predicted molar refractivity (Wildman–Crippen MR) is 218 cm³/mol. The van der Waals surface area contributed by atoms with Crippen molar-refractivity contribution in [1.82, 2.24) is 14.9 Å². The average Bonchev–Trinajstić information content (AvgIpc) is 3.28. The van der Waals surface area contributed by atoms with E-state index in [1.807, 2.05) is 19.1 Å². The van der Waals surface area contributed by atoms with Crippen molar-refractivity contribution in [3.05, 3.63) is 70.3 Å². The van der Waals surface area contributed by atoms with E-state index in [9.17, 15) is 21.6 Å². The molecule has 2 aromatic rings. The molecule has 11 nitrogen and oxygen atoms in total. The number of allylic oxidation sites excluding steroid dienone is 1. The van der Waals surface area contributed by atoms with Crippen molar-refractivity contribution >= 4 is 43.1 Å². The van der Waals surface area contributed by atoms with Crippen LogP contribution in [0.25, 0.3) is 0 Å². The number of carbonyl (C=O) groups is 1. The third-order valence-electron chi connectivity index (χ3n) is 13.2. The Balaban J connectivity index is 1.29. The van der Waals surface area contributed by atoms with Crippen LogP contribution in [-0.2, 0) is 36.4 Å². The summed E-state index contributed by atoms with van der Waals surface area (Å²) in [7, 11) is -5.37. The second-order valence-corrected chi connectivity index (χ2v) is 21.5. The van der Waals surface area contributed by atoms with Gasteiger partial charge >= 0.3 is 0 Å². The Bertz CT molecular complexity index is 1990. The smallest absolute Gasteiger partial charge is 0.264 e. The summed E-state index contributed by atoms with van der Waals surface area (Å²) >= 11 is 6.50. The molecule has 2 bridgehead atoms. The molecule has 1 saturated heterocycles. The highest BCUT2D eigenvalue weighted by Crippen LogP contribution is 2.49. The largest absolute Gasteiger partial charge is 0.490 e. The second-order valence-electron chi connectivity index (χ2n) is 16.7. The Kier molecular flexibility index (Phi) is 12.0. The maximum Gasteiger partial charge on any atom is 0.264 e. The van der Waals surface area contributed by atoms with Crippen LogP contribution in [0.5, 0.6) is 5.75 Å². The van der Waals surface area contributed by atoms with Crippen LogP contribution in [0.2, 0.25) is 5.02 Å². The maximum atomic E-state index is 13.7. The van der Waals surface area contributed by atoms with E-state index in [2.05, 4.69) is 44.1 Å². The maximum absolute atomic E-state index is 13.7. The molecular formula is C41H57ClN4O7S2. The van der Waals surface area contributed by atoms with Gasteiger partial charge in [0.05, 0.1) is 29.0 Å². The normalized spacial score (nSPS) is 33.5. The molecule has 1 amide bonds. The molecule has 7 rings (SSSR count). The molecule has 0 unspecified atom stereocenters. The number of fused-ring (bicyclic) bond motifs is 4. The number of sulfone groups is 1. The first-order valence-corrected chi connectivity index (χ1v) is 23.7. The number of hydrogen-bond donors (Lipinski definition) is 2. The van der Waals surface area contributed by atoms with Crippen LogP contribution in [0.15, 0.2) is 48.6 Å². The van der Waals surface area contributed by atoms with Crippen LogP contribution in [0.3, 0.4) is 0 Å². The summed E-state index contributed by atoms with van der Waals surface area (Å²) in [6.45, 7) is 8.47. The Labute approximate surface area is 332 Å². The van der Waals surface area contributed by atoms with Crippen molar-refractivity contribution in [2.75, 3.05) is 75.9 Å². The van der Waals surface area contributed by atoms with E-state index >= 15 is 0 Å². The van der Waals surface area contributed by atoms with Crippen molar-refractivity contribution in [3.8, 4) is 5.75 Å². The summed E-state index contributed by atoms with van der Waals surface area (Å²) in [6.07, 6.45) is 10.1. The quantitative estimate of drug-likeness (QED) is 0.409. The van der Waals surface area contributed by atoms with Crippen LogP contribution in [-0.4, -0.2) is 110 Å². The van der Waals surface area contributed by atoms with Crippen molar-refractivity contribution in [2.45, 2.75) is 75.1 Å². The highest BCUT2D eigenvalue weighted by atomic mass is 35.5. The minimum atomic E-state index is -4.01. The van der Waals surface area contributed by atoms with Gasteiger partial charge in [-0.15, -0.1) is 0 Å². The molecule has 302 valence electrons. The Morgan fingerprint density at radius 1 is 1.02 bits per heavy atom. The number of anilines is 1. The van der Waals surface area contributed by atoms with Gasteiger partial charge in [0.1, 0.15) is 11.4 Å². The molecule has 1 spiro atoms. The first-order chi connectivity index (χ1) is 26.2. The first kappa shape index (κ1) is 40.5. The molecule has 14 heteroatoms. The van der Waals surface area contributed by atoms with Crippen molar-refractivity contribution in [1.29, 1.82) is 0 Å². The van der Waals surface area contributed by atoms with E-state index in [4.69, 9.17) is 21.1 Å². The number of aryl methyl sites for hydroxylation is 1. The lowest BCUT2D eigenvalue weighted by molar-refractivity contribution is -0.0913. The molecule has 1 saturated carbocycles.